The summed E-state index contributed by atoms with van der Waals surface area (Å²) in [5, 5.41) is 9.49. The standard InChI is InChI=1S/C21H22N2O6S/c1-4-29-18-6-5-14(10-19(18)28-3)9-16-13(2)17(11-22)21(25)23(20(16)24)15-7-8-30(26,27)12-15/h5-6,9-10,15H,4,7-8,12H2,1-3H3/b16-9-. The number of nitrogens with zero attached hydrogens (tertiary/aromatic N) is 2. The molecule has 0 aliphatic carbocycles. The van der Waals surface area contributed by atoms with Gasteiger partial charge in [-0.05, 0) is 49.6 Å². The van der Waals surface area contributed by atoms with Crippen LogP contribution >= 0.6 is 0 Å². The molecule has 3 rings (SSSR count). The second-order valence-corrected chi connectivity index (χ2v) is 9.28. The highest BCUT2D eigenvalue weighted by Crippen LogP contribution is 2.33. The molecule has 1 aromatic rings. The van der Waals surface area contributed by atoms with Crippen LogP contribution in [0.1, 0.15) is 25.8 Å². The second-order valence-electron chi connectivity index (χ2n) is 7.05. The van der Waals surface area contributed by atoms with E-state index in [1.54, 1.807) is 24.3 Å². The van der Waals surface area contributed by atoms with Crippen molar-refractivity contribution in [3.05, 3.63) is 40.5 Å². The van der Waals surface area contributed by atoms with Gasteiger partial charge in [-0.3, -0.25) is 14.5 Å². The van der Waals surface area contributed by atoms with Crippen molar-refractivity contribution in [3.8, 4) is 17.6 Å². The molecular weight excluding hydrogens is 408 g/mol. The third-order valence-corrected chi connectivity index (χ3v) is 6.90. The molecule has 0 saturated carbocycles. The van der Waals surface area contributed by atoms with Gasteiger partial charge in [0.25, 0.3) is 11.8 Å². The molecule has 8 nitrogen and oxygen atoms in total. The summed E-state index contributed by atoms with van der Waals surface area (Å²) in [6.07, 6.45) is 1.73. The summed E-state index contributed by atoms with van der Waals surface area (Å²) in [6.45, 7) is 3.85. The second kappa shape index (κ2) is 8.32. The molecule has 2 amide bonds. The quantitative estimate of drug-likeness (QED) is 0.517. The van der Waals surface area contributed by atoms with Crippen molar-refractivity contribution in [2.45, 2.75) is 26.3 Å². The number of sulfone groups is 1. The zero-order valence-corrected chi connectivity index (χ0v) is 17.8. The lowest BCUT2D eigenvalue weighted by Gasteiger charge is -2.31. The molecule has 1 unspecified atom stereocenters. The van der Waals surface area contributed by atoms with Crippen molar-refractivity contribution < 1.29 is 27.5 Å². The minimum absolute atomic E-state index is 0.0888. The number of carbonyl (C=O) groups is 2. The summed E-state index contributed by atoms with van der Waals surface area (Å²) in [5.74, 6) is -0.697. The molecule has 2 heterocycles. The first-order valence-corrected chi connectivity index (χ1v) is 11.3. The highest BCUT2D eigenvalue weighted by Gasteiger charge is 2.43. The molecule has 0 spiro atoms. The number of nitriles is 1. The van der Waals surface area contributed by atoms with E-state index in [2.05, 4.69) is 0 Å². The number of amides is 2. The van der Waals surface area contributed by atoms with Gasteiger partial charge in [0.15, 0.2) is 21.3 Å². The lowest BCUT2D eigenvalue weighted by atomic mass is 9.92. The third-order valence-electron chi connectivity index (χ3n) is 5.14. The highest BCUT2D eigenvalue weighted by atomic mass is 32.2. The van der Waals surface area contributed by atoms with E-state index in [0.29, 0.717) is 23.7 Å². The first kappa shape index (κ1) is 21.6. The van der Waals surface area contributed by atoms with Crippen molar-refractivity contribution in [2.75, 3.05) is 25.2 Å². The van der Waals surface area contributed by atoms with E-state index in [9.17, 15) is 23.3 Å². The molecule has 0 N–H and O–H groups in total. The summed E-state index contributed by atoms with van der Waals surface area (Å²) in [6, 6.07) is 6.21. The summed E-state index contributed by atoms with van der Waals surface area (Å²) in [7, 11) is -1.82. The van der Waals surface area contributed by atoms with Crippen LogP contribution in [-0.2, 0) is 19.4 Å². The molecule has 30 heavy (non-hydrogen) atoms. The maximum Gasteiger partial charge on any atom is 0.271 e. The smallest absolute Gasteiger partial charge is 0.271 e. The lowest BCUT2D eigenvalue weighted by molar-refractivity contribution is -0.142. The van der Waals surface area contributed by atoms with Crippen LogP contribution in [0.25, 0.3) is 6.08 Å². The van der Waals surface area contributed by atoms with Crippen LogP contribution in [0.2, 0.25) is 0 Å². The van der Waals surface area contributed by atoms with Crippen molar-refractivity contribution in [1.82, 2.24) is 4.90 Å². The SMILES string of the molecule is CCOc1ccc(/C=C2\C(=O)N(C3CCS(=O)(=O)C3)C(=O)C(C#N)=C2C)cc1OC. The number of imide groups is 1. The van der Waals surface area contributed by atoms with Crippen LogP contribution in [0.4, 0.5) is 0 Å². The molecule has 0 radical (unpaired) electrons. The highest BCUT2D eigenvalue weighted by molar-refractivity contribution is 7.91. The van der Waals surface area contributed by atoms with Gasteiger partial charge in [0, 0.05) is 5.57 Å². The molecule has 158 valence electrons. The number of hydrogen-bond donors (Lipinski definition) is 0. The number of benzene rings is 1. The Morgan fingerprint density at radius 1 is 1.27 bits per heavy atom. The molecule has 2 aliphatic rings. The van der Waals surface area contributed by atoms with Crippen LogP contribution in [0.5, 0.6) is 11.5 Å². The molecular formula is C21H22N2O6S. The Bertz CT molecular complexity index is 1110. The Morgan fingerprint density at radius 2 is 2.00 bits per heavy atom. The normalized spacial score (nSPS) is 22.4. The van der Waals surface area contributed by atoms with Crippen molar-refractivity contribution in [2.24, 2.45) is 0 Å². The van der Waals surface area contributed by atoms with Gasteiger partial charge in [-0.15, -0.1) is 0 Å². The molecule has 0 aromatic heterocycles. The fourth-order valence-corrected chi connectivity index (χ4v) is 5.33. The van der Waals surface area contributed by atoms with Crippen molar-refractivity contribution >= 4 is 27.7 Å². The van der Waals surface area contributed by atoms with E-state index in [-0.39, 0.29) is 34.6 Å². The lowest BCUT2D eigenvalue weighted by Crippen LogP contribution is -2.49. The van der Waals surface area contributed by atoms with Gasteiger partial charge in [-0.25, -0.2) is 8.42 Å². The fraction of sp³-hybridized carbons (Fsp3) is 0.381. The van der Waals surface area contributed by atoms with Gasteiger partial charge in [0.2, 0.25) is 0 Å². The van der Waals surface area contributed by atoms with Crippen LogP contribution in [0.15, 0.2) is 34.9 Å². The van der Waals surface area contributed by atoms with Crippen molar-refractivity contribution in [3.63, 3.8) is 0 Å². The van der Waals surface area contributed by atoms with Crippen molar-refractivity contribution in [1.29, 1.82) is 5.26 Å². The number of carbonyl (C=O) groups excluding carboxylic acids is 2. The Morgan fingerprint density at radius 3 is 2.57 bits per heavy atom. The Labute approximate surface area is 175 Å². The average molecular weight is 430 g/mol. The summed E-state index contributed by atoms with van der Waals surface area (Å²) < 4.78 is 34.6. The largest absolute Gasteiger partial charge is 0.493 e. The zero-order chi connectivity index (χ0) is 22.1. The van der Waals surface area contributed by atoms with E-state index in [4.69, 9.17) is 9.47 Å². The van der Waals surface area contributed by atoms with Gasteiger partial charge >= 0.3 is 0 Å². The predicted octanol–water partition coefficient (Wildman–Crippen LogP) is 1.87. The number of ether oxygens (including phenoxy) is 2. The summed E-state index contributed by atoms with van der Waals surface area (Å²) in [5.41, 5.74) is 0.880. The van der Waals surface area contributed by atoms with E-state index in [1.165, 1.54) is 14.0 Å². The van der Waals surface area contributed by atoms with Crippen LogP contribution in [-0.4, -0.2) is 56.4 Å². The minimum Gasteiger partial charge on any atom is -0.493 e. The molecule has 1 saturated heterocycles. The maximum atomic E-state index is 13.2. The van der Waals surface area contributed by atoms with Gasteiger partial charge in [-0.2, -0.15) is 5.26 Å². The van der Waals surface area contributed by atoms with E-state index in [0.717, 1.165) is 4.90 Å². The Hall–Kier alpha value is -3.12. The molecule has 0 bridgehead atoms. The molecule has 9 heteroatoms. The average Bonchev–Trinajstić information content (AvgIpc) is 3.06. The molecule has 1 aromatic carbocycles. The van der Waals surface area contributed by atoms with Crippen LogP contribution < -0.4 is 9.47 Å². The number of methoxy groups -OCH3 is 1. The fourth-order valence-electron chi connectivity index (χ4n) is 3.63. The summed E-state index contributed by atoms with van der Waals surface area (Å²) in [4.78, 5) is 26.9. The maximum absolute atomic E-state index is 13.2. The van der Waals surface area contributed by atoms with E-state index in [1.807, 2.05) is 13.0 Å². The monoisotopic (exact) mass is 430 g/mol. The number of hydrogen-bond acceptors (Lipinski definition) is 7. The minimum atomic E-state index is -3.32. The Balaban J connectivity index is 2.07. The predicted molar refractivity (Wildman–Crippen MR) is 109 cm³/mol. The topological polar surface area (TPSA) is 114 Å². The molecule has 1 atom stereocenters. The zero-order valence-electron chi connectivity index (χ0n) is 17.0. The van der Waals surface area contributed by atoms with Gasteiger partial charge in [0.05, 0.1) is 31.3 Å². The summed E-state index contributed by atoms with van der Waals surface area (Å²) >= 11 is 0. The van der Waals surface area contributed by atoms with E-state index < -0.39 is 27.7 Å². The molecule has 1 fully saturated rings. The van der Waals surface area contributed by atoms with Gasteiger partial charge < -0.3 is 9.47 Å². The first-order valence-electron chi connectivity index (χ1n) is 9.44. The first-order chi connectivity index (χ1) is 14.2. The van der Waals surface area contributed by atoms with Gasteiger partial charge in [0.1, 0.15) is 11.6 Å². The number of rotatable bonds is 5. The van der Waals surface area contributed by atoms with Crippen LogP contribution in [0.3, 0.4) is 0 Å². The van der Waals surface area contributed by atoms with Gasteiger partial charge in [-0.1, -0.05) is 6.07 Å². The third kappa shape index (κ3) is 3.96. The van der Waals surface area contributed by atoms with Crippen LogP contribution in [0, 0.1) is 11.3 Å². The van der Waals surface area contributed by atoms with E-state index >= 15 is 0 Å². The Kier molecular flexibility index (Phi) is 5.99. The molecule has 2 aliphatic heterocycles.